The molecular weight excluding hydrogens is 336 g/mol. The lowest BCUT2D eigenvalue weighted by Crippen LogP contribution is -2.20. The van der Waals surface area contributed by atoms with Crippen molar-refractivity contribution in [1.29, 1.82) is 0 Å². The van der Waals surface area contributed by atoms with E-state index in [0.29, 0.717) is 5.02 Å². The Morgan fingerprint density at radius 1 is 1.57 bits per heavy atom. The van der Waals surface area contributed by atoms with Gasteiger partial charge in [0.15, 0.2) is 0 Å². The van der Waals surface area contributed by atoms with Crippen LogP contribution in [0.1, 0.15) is 6.92 Å². The van der Waals surface area contributed by atoms with Crippen molar-refractivity contribution in [3.63, 3.8) is 0 Å². The van der Waals surface area contributed by atoms with Gasteiger partial charge in [-0.3, -0.25) is 4.79 Å². The Morgan fingerprint density at radius 2 is 2.21 bits per heavy atom. The molecule has 1 amide bonds. The second-order valence-electron chi connectivity index (χ2n) is 2.73. The number of nitrogens with one attached hydrogen (secondary N) is 1. The number of rotatable bonds is 2. The van der Waals surface area contributed by atoms with Crippen molar-refractivity contribution in [2.45, 2.75) is 12.3 Å². The lowest BCUT2D eigenvalue weighted by molar-refractivity contribution is -0.115. The number of hydrogen-bond acceptors (Lipinski definition) is 1. The van der Waals surface area contributed by atoms with Gasteiger partial charge in [0.1, 0.15) is 5.38 Å². The SMILES string of the molecule is CC(Cl)C(=O)Nc1ccc(Cl)cc1I. The lowest BCUT2D eigenvalue weighted by Gasteiger charge is -2.08. The minimum Gasteiger partial charge on any atom is -0.324 e. The summed E-state index contributed by atoms with van der Waals surface area (Å²) in [5.41, 5.74) is 0.729. The molecule has 14 heavy (non-hydrogen) atoms. The van der Waals surface area contributed by atoms with Crippen molar-refractivity contribution >= 4 is 57.4 Å². The molecule has 1 N–H and O–H groups in total. The van der Waals surface area contributed by atoms with E-state index in [-0.39, 0.29) is 5.91 Å². The van der Waals surface area contributed by atoms with Crippen LogP contribution in [0.3, 0.4) is 0 Å². The van der Waals surface area contributed by atoms with Gasteiger partial charge in [-0.1, -0.05) is 11.6 Å². The minimum absolute atomic E-state index is 0.216. The monoisotopic (exact) mass is 343 g/mol. The first-order chi connectivity index (χ1) is 6.50. The van der Waals surface area contributed by atoms with E-state index in [1.54, 1.807) is 25.1 Å². The van der Waals surface area contributed by atoms with Crippen LogP contribution in [0.5, 0.6) is 0 Å². The van der Waals surface area contributed by atoms with Gasteiger partial charge in [-0.05, 0) is 47.7 Å². The van der Waals surface area contributed by atoms with Crippen molar-refractivity contribution in [3.8, 4) is 0 Å². The molecular formula is C9H8Cl2INO. The Hall–Kier alpha value is -0.000000000000000111. The van der Waals surface area contributed by atoms with Gasteiger partial charge in [-0.15, -0.1) is 11.6 Å². The Kier molecular flexibility index (Phi) is 4.47. The maximum Gasteiger partial charge on any atom is 0.242 e. The highest BCUT2D eigenvalue weighted by molar-refractivity contribution is 14.1. The third-order valence-electron chi connectivity index (χ3n) is 1.55. The molecule has 1 aromatic carbocycles. The molecule has 0 spiro atoms. The first-order valence-electron chi connectivity index (χ1n) is 3.90. The topological polar surface area (TPSA) is 29.1 Å². The molecule has 1 rings (SSSR count). The van der Waals surface area contributed by atoms with Gasteiger partial charge in [-0.25, -0.2) is 0 Å². The van der Waals surface area contributed by atoms with Gasteiger partial charge in [0, 0.05) is 8.59 Å². The highest BCUT2D eigenvalue weighted by Gasteiger charge is 2.10. The molecule has 76 valence electrons. The summed E-state index contributed by atoms with van der Waals surface area (Å²) in [4.78, 5) is 11.3. The van der Waals surface area contributed by atoms with E-state index in [4.69, 9.17) is 23.2 Å². The van der Waals surface area contributed by atoms with Crippen LogP contribution in [0.25, 0.3) is 0 Å². The zero-order valence-electron chi connectivity index (χ0n) is 7.35. The molecule has 0 bridgehead atoms. The van der Waals surface area contributed by atoms with Crippen LogP contribution < -0.4 is 5.32 Å². The Balaban J connectivity index is 2.82. The van der Waals surface area contributed by atoms with Crippen LogP contribution in [-0.4, -0.2) is 11.3 Å². The van der Waals surface area contributed by atoms with Gasteiger partial charge >= 0.3 is 0 Å². The standard InChI is InChI=1S/C9H8Cl2INO/c1-5(10)9(14)13-8-3-2-6(11)4-7(8)12/h2-5H,1H3,(H,13,14). The van der Waals surface area contributed by atoms with Crippen molar-refractivity contribution < 1.29 is 4.79 Å². The molecule has 5 heteroatoms. The van der Waals surface area contributed by atoms with E-state index in [2.05, 4.69) is 27.9 Å². The summed E-state index contributed by atoms with van der Waals surface area (Å²) in [6.07, 6.45) is 0. The van der Waals surface area contributed by atoms with E-state index in [1.165, 1.54) is 0 Å². The van der Waals surface area contributed by atoms with Gasteiger partial charge in [0.05, 0.1) is 5.69 Å². The highest BCUT2D eigenvalue weighted by Crippen LogP contribution is 2.22. The molecule has 0 fully saturated rings. The second kappa shape index (κ2) is 5.19. The molecule has 0 heterocycles. The Bertz CT molecular complexity index is 355. The summed E-state index contributed by atoms with van der Waals surface area (Å²) >= 11 is 13.5. The molecule has 0 aromatic heterocycles. The first-order valence-corrected chi connectivity index (χ1v) is 5.80. The van der Waals surface area contributed by atoms with Crippen LogP contribution in [0.4, 0.5) is 5.69 Å². The van der Waals surface area contributed by atoms with E-state index >= 15 is 0 Å². The molecule has 0 aliphatic heterocycles. The summed E-state index contributed by atoms with van der Waals surface area (Å²) < 4.78 is 0.890. The van der Waals surface area contributed by atoms with Crippen molar-refractivity contribution in [1.82, 2.24) is 0 Å². The number of anilines is 1. The molecule has 2 nitrogen and oxygen atoms in total. The number of carbonyl (C=O) groups is 1. The molecule has 0 radical (unpaired) electrons. The fraction of sp³-hybridized carbons (Fsp3) is 0.222. The predicted octanol–water partition coefficient (Wildman–Crippen LogP) is 3.51. The largest absolute Gasteiger partial charge is 0.324 e. The van der Waals surface area contributed by atoms with Crippen LogP contribution in [0.2, 0.25) is 5.02 Å². The van der Waals surface area contributed by atoms with Crippen LogP contribution in [0.15, 0.2) is 18.2 Å². The summed E-state index contributed by atoms with van der Waals surface area (Å²) in [5, 5.41) is 2.80. The fourth-order valence-corrected chi connectivity index (χ4v) is 1.88. The maximum absolute atomic E-state index is 11.3. The quantitative estimate of drug-likeness (QED) is 0.646. The number of benzene rings is 1. The zero-order valence-corrected chi connectivity index (χ0v) is 11.0. The van der Waals surface area contributed by atoms with Crippen LogP contribution in [0, 0.1) is 3.57 Å². The van der Waals surface area contributed by atoms with Gasteiger partial charge in [0.25, 0.3) is 0 Å². The number of halogens is 3. The third-order valence-corrected chi connectivity index (χ3v) is 2.88. The average molecular weight is 344 g/mol. The molecule has 1 atom stereocenters. The molecule has 0 saturated heterocycles. The van der Waals surface area contributed by atoms with E-state index in [0.717, 1.165) is 9.26 Å². The van der Waals surface area contributed by atoms with Gasteiger partial charge < -0.3 is 5.32 Å². The lowest BCUT2D eigenvalue weighted by atomic mass is 10.3. The highest BCUT2D eigenvalue weighted by atomic mass is 127. The van der Waals surface area contributed by atoms with E-state index in [9.17, 15) is 4.79 Å². The normalized spacial score (nSPS) is 12.3. The van der Waals surface area contributed by atoms with Gasteiger partial charge in [0.2, 0.25) is 5.91 Å². The minimum atomic E-state index is -0.540. The maximum atomic E-state index is 11.3. The Labute approximate surface area is 106 Å². The molecule has 0 saturated carbocycles. The first kappa shape index (κ1) is 12.1. The number of alkyl halides is 1. The van der Waals surface area contributed by atoms with E-state index in [1.807, 2.05) is 0 Å². The second-order valence-corrected chi connectivity index (χ2v) is 4.98. The van der Waals surface area contributed by atoms with Crippen LogP contribution in [-0.2, 0) is 4.79 Å². The average Bonchev–Trinajstić information content (AvgIpc) is 2.09. The molecule has 0 aliphatic carbocycles. The Morgan fingerprint density at radius 3 is 2.71 bits per heavy atom. The predicted molar refractivity (Wildman–Crippen MR) is 68.1 cm³/mol. The van der Waals surface area contributed by atoms with Crippen molar-refractivity contribution in [2.24, 2.45) is 0 Å². The summed E-state index contributed by atoms with van der Waals surface area (Å²) in [5.74, 6) is -0.216. The number of amides is 1. The molecule has 1 aromatic rings. The van der Waals surface area contributed by atoms with Crippen molar-refractivity contribution in [2.75, 3.05) is 5.32 Å². The van der Waals surface area contributed by atoms with Crippen molar-refractivity contribution in [3.05, 3.63) is 26.8 Å². The van der Waals surface area contributed by atoms with E-state index < -0.39 is 5.38 Å². The summed E-state index contributed by atoms with van der Waals surface area (Å²) in [6.45, 7) is 1.62. The zero-order chi connectivity index (χ0) is 10.7. The molecule has 1 unspecified atom stereocenters. The third kappa shape index (κ3) is 3.29. The smallest absolute Gasteiger partial charge is 0.242 e. The summed E-state index contributed by atoms with van der Waals surface area (Å²) in [7, 11) is 0. The summed E-state index contributed by atoms with van der Waals surface area (Å²) in [6, 6.07) is 5.25. The number of carbonyl (C=O) groups excluding carboxylic acids is 1. The van der Waals surface area contributed by atoms with Crippen LogP contribution >= 0.6 is 45.8 Å². The number of hydrogen-bond donors (Lipinski definition) is 1. The molecule has 0 aliphatic rings. The fourth-order valence-electron chi connectivity index (χ4n) is 0.823. The van der Waals surface area contributed by atoms with Gasteiger partial charge in [-0.2, -0.15) is 0 Å².